The van der Waals surface area contributed by atoms with E-state index in [9.17, 15) is 4.79 Å². The summed E-state index contributed by atoms with van der Waals surface area (Å²) in [6, 6.07) is 0. The van der Waals surface area contributed by atoms with Gasteiger partial charge >= 0.3 is 5.97 Å². The first-order valence-corrected chi connectivity index (χ1v) is 4.48. The van der Waals surface area contributed by atoms with E-state index < -0.39 is 11.6 Å². The molecule has 1 aromatic heterocycles. The quantitative estimate of drug-likeness (QED) is 0.470. The smallest absolute Gasteiger partial charge is 0.385 e. The van der Waals surface area contributed by atoms with Crippen LogP contribution in [0.25, 0.3) is 0 Å². The van der Waals surface area contributed by atoms with Gasteiger partial charge in [0.05, 0.1) is 6.20 Å². The van der Waals surface area contributed by atoms with Gasteiger partial charge in [-0.15, -0.1) is 0 Å². The van der Waals surface area contributed by atoms with Gasteiger partial charge in [0.25, 0.3) is 0 Å². The normalized spacial score (nSPS) is 10.1. The molecule has 0 N–H and O–H groups in total. The summed E-state index contributed by atoms with van der Waals surface area (Å²) in [5, 5.41) is 0. The van der Waals surface area contributed by atoms with Gasteiger partial charge in [-0.05, 0) is 26.7 Å². The topological polar surface area (TPSA) is 52.1 Å². The van der Waals surface area contributed by atoms with Crippen molar-refractivity contribution in [1.82, 2.24) is 9.97 Å². The Labute approximate surface area is 88.7 Å². The molecule has 4 heteroatoms. The predicted octanol–water partition coefficient (Wildman–Crippen LogP) is 1.17. The third kappa shape index (κ3) is 4.77. The number of carbonyl (C=O) groups excluding carboxylic acids is 1. The zero-order valence-electron chi connectivity index (χ0n) is 8.94. The van der Waals surface area contributed by atoms with Gasteiger partial charge in [-0.3, -0.25) is 4.98 Å². The molecule has 0 aromatic carbocycles. The van der Waals surface area contributed by atoms with E-state index in [2.05, 4.69) is 21.8 Å². The van der Waals surface area contributed by atoms with Crippen LogP contribution in [0.15, 0.2) is 18.6 Å². The second kappa shape index (κ2) is 4.56. The van der Waals surface area contributed by atoms with Gasteiger partial charge in [0.15, 0.2) is 0 Å². The number of rotatable bonds is 0. The van der Waals surface area contributed by atoms with Crippen LogP contribution in [0.1, 0.15) is 26.5 Å². The summed E-state index contributed by atoms with van der Waals surface area (Å²) in [6.45, 7) is 5.36. The summed E-state index contributed by atoms with van der Waals surface area (Å²) in [4.78, 5) is 18.9. The highest BCUT2D eigenvalue weighted by molar-refractivity contribution is 5.89. The molecule has 0 aliphatic carbocycles. The van der Waals surface area contributed by atoms with Crippen LogP contribution < -0.4 is 0 Å². The maximum atomic E-state index is 11.2. The number of hydrogen-bond donors (Lipinski definition) is 0. The van der Waals surface area contributed by atoms with Crippen molar-refractivity contribution in [2.45, 2.75) is 26.4 Å². The minimum atomic E-state index is -0.562. The minimum absolute atomic E-state index is 0.448. The SMILES string of the molecule is CC(C)(C)OC(=O)C#Cc1cnccn1. The summed E-state index contributed by atoms with van der Waals surface area (Å²) in [5.74, 6) is 4.35. The molecule has 0 amide bonds. The van der Waals surface area contributed by atoms with Crippen LogP contribution in [-0.2, 0) is 9.53 Å². The molecular weight excluding hydrogens is 192 g/mol. The van der Waals surface area contributed by atoms with Gasteiger partial charge in [0.1, 0.15) is 11.3 Å². The largest absolute Gasteiger partial charge is 0.450 e. The molecular formula is C11H12N2O2. The van der Waals surface area contributed by atoms with Crippen LogP contribution in [0.4, 0.5) is 0 Å². The monoisotopic (exact) mass is 204 g/mol. The maximum absolute atomic E-state index is 11.2. The Kier molecular flexibility index (Phi) is 3.40. The van der Waals surface area contributed by atoms with Gasteiger partial charge in [0.2, 0.25) is 0 Å². The van der Waals surface area contributed by atoms with Gasteiger partial charge in [-0.2, -0.15) is 0 Å². The highest BCUT2D eigenvalue weighted by Crippen LogP contribution is 2.06. The van der Waals surface area contributed by atoms with Crippen LogP contribution in [0.3, 0.4) is 0 Å². The molecule has 0 fully saturated rings. The van der Waals surface area contributed by atoms with E-state index in [4.69, 9.17) is 4.74 Å². The number of esters is 1. The third-order valence-corrected chi connectivity index (χ3v) is 1.25. The Hall–Kier alpha value is -1.89. The van der Waals surface area contributed by atoms with Gasteiger partial charge in [-0.25, -0.2) is 9.78 Å². The molecule has 78 valence electrons. The molecule has 0 spiro atoms. The first-order chi connectivity index (χ1) is 6.97. The van der Waals surface area contributed by atoms with Crippen LogP contribution in [0, 0.1) is 11.8 Å². The average molecular weight is 204 g/mol. The number of ether oxygens (including phenoxy) is 1. The molecule has 1 heterocycles. The highest BCUT2D eigenvalue weighted by Gasteiger charge is 2.14. The van der Waals surface area contributed by atoms with Gasteiger partial charge < -0.3 is 4.74 Å². The summed E-state index contributed by atoms with van der Waals surface area (Å²) in [7, 11) is 0. The standard InChI is InChI=1S/C11H12N2O2/c1-11(2,3)15-10(14)5-4-9-8-12-6-7-13-9/h6-8H,1-3H3. The van der Waals surface area contributed by atoms with Gasteiger partial charge in [0, 0.05) is 18.3 Å². The summed E-state index contributed by atoms with van der Waals surface area (Å²) >= 11 is 0. The molecule has 0 aliphatic rings. The Bertz CT molecular complexity index is 396. The number of hydrogen-bond acceptors (Lipinski definition) is 4. The van der Waals surface area contributed by atoms with Crippen LogP contribution in [-0.4, -0.2) is 21.5 Å². The fourth-order valence-corrected chi connectivity index (χ4v) is 0.782. The van der Waals surface area contributed by atoms with E-state index in [-0.39, 0.29) is 0 Å². The first kappa shape index (κ1) is 11.2. The van der Waals surface area contributed by atoms with Crippen molar-refractivity contribution in [3.05, 3.63) is 24.3 Å². The van der Waals surface area contributed by atoms with Crippen molar-refractivity contribution in [3.8, 4) is 11.8 Å². The van der Waals surface area contributed by atoms with E-state index in [1.807, 2.05) is 0 Å². The first-order valence-electron chi connectivity index (χ1n) is 4.48. The van der Waals surface area contributed by atoms with E-state index in [0.717, 1.165) is 0 Å². The number of nitrogens with zero attached hydrogens (tertiary/aromatic N) is 2. The van der Waals surface area contributed by atoms with Crippen molar-refractivity contribution >= 4 is 5.97 Å². The van der Waals surface area contributed by atoms with E-state index >= 15 is 0 Å². The highest BCUT2D eigenvalue weighted by atomic mass is 16.6. The fraction of sp³-hybridized carbons (Fsp3) is 0.364. The second-order valence-corrected chi connectivity index (χ2v) is 3.84. The zero-order chi connectivity index (χ0) is 11.3. The van der Waals surface area contributed by atoms with Gasteiger partial charge in [-0.1, -0.05) is 0 Å². The molecule has 0 unspecified atom stereocenters. The molecule has 0 atom stereocenters. The Balaban J connectivity index is 2.64. The van der Waals surface area contributed by atoms with Crippen LogP contribution in [0.5, 0.6) is 0 Å². The average Bonchev–Trinajstić information content (AvgIpc) is 2.14. The number of carbonyl (C=O) groups is 1. The molecule has 0 radical (unpaired) electrons. The second-order valence-electron chi connectivity index (χ2n) is 3.84. The number of aromatic nitrogens is 2. The Morgan fingerprint density at radius 1 is 1.40 bits per heavy atom. The fourth-order valence-electron chi connectivity index (χ4n) is 0.782. The van der Waals surface area contributed by atoms with Crippen molar-refractivity contribution in [1.29, 1.82) is 0 Å². The van der Waals surface area contributed by atoms with E-state index in [1.54, 1.807) is 27.0 Å². The Morgan fingerprint density at radius 2 is 2.13 bits per heavy atom. The lowest BCUT2D eigenvalue weighted by atomic mass is 10.2. The van der Waals surface area contributed by atoms with Crippen molar-refractivity contribution in [3.63, 3.8) is 0 Å². The molecule has 0 saturated heterocycles. The van der Waals surface area contributed by atoms with Crippen molar-refractivity contribution in [2.24, 2.45) is 0 Å². The van der Waals surface area contributed by atoms with Crippen LogP contribution >= 0.6 is 0 Å². The molecule has 15 heavy (non-hydrogen) atoms. The summed E-state index contributed by atoms with van der Waals surface area (Å²) < 4.78 is 5.00. The molecule has 0 saturated carbocycles. The molecule has 0 aliphatic heterocycles. The van der Waals surface area contributed by atoms with E-state index in [1.165, 1.54) is 12.4 Å². The molecule has 1 aromatic rings. The van der Waals surface area contributed by atoms with Crippen molar-refractivity contribution in [2.75, 3.05) is 0 Å². The van der Waals surface area contributed by atoms with E-state index in [0.29, 0.717) is 5.69 Å². The molecule has 0 bridgehead atoms. The maximum Gasteiger partial charge on any atom is 0.385 e. The lowest BCUT2D eigenvalue weighted by Crippen LogP contribution is -2.22. The molecule has 1 rings (SSSR count). The van der Waals surface area contributed by atoms with Crippen molar-refractivity contribution < 1.29 is 9.53 Å². The Morgan fingerprint density at radius 3 is 2.67 bits per heavy atom. The van der Waals surface area contributed by atoms with Crippen LogP contribution in [0.2, 0.25) is 0 Å². The lowest BCUT2D eigenvalue weighted by Gasteiger charge is -2.16. The summed E-state index contributed by atoms with van der Waals surface area (Å²) in [6.07, 6.45) is 4.54. The third-order valence-electron chi connectivity index (χ3n) is 1.25. The summed E-state index contributed by atoms with van der Waals surface area (Å²) in [5.41, 5.74) is -0.0722. The lowest BCUT2D eigenvalue weighted by molar-refractivity contribution is -0.147. The predicted molar refractivity (Wildman–Crippen MR) is 54.8 cm³/mol. The zero-order valence-corrected chi connectivity index (χ0v) is 8.94. The minimum Gasteiger partial charge on any atom is -0.450 e. The molecule has 4 nitrogen and oxygen atoms in total.